The first-order valence-corrected chi connectivity index (χ1v) is 6.75. The van der Waals surface area contributed by atoms with Gasteiger partial charge < -0.3 is 9.67 Å². The van der Waals surface area contributed by atoms with Gasteiger partial charge in [-0.2, -0.15) is 0 Å². The van der Waals surface area contributed by atoms with Gasteiger partial charge in [-0.05, 0) is 18.2 Å². The number of fused-ring (bicyclic) bond motifs is 1. The summed E-state index contributed by atoms with van der Waals surface area (Å²) < 4.78 is 3.86. The van der Waals surface area contributed by atoms with Crippen LogP contribution in [0.5, 0.6) is 0 Å². The fraction of sp³-hybridized carbons (Fsp3) is 0.286. The van der Waals surface area contributed by atoms with E-state index in [0.717, 1.165) is 24.3 Å². The Morgan fingerprint density at radius 1 is 1.33 bits per heavy atom. The lowest BCUT2D eigenvalue weighted by Crippen LogP contribution is -2.10. The number of aryl methyl sites for hydroxylation is 3. The van der Waals surface area contributed by atoms with Crippen LogP contribution in [-0.2, 0) is 19.5 Å². The largest absolute Gasteiger partial charge is 0.478 e. The predicted molar refractivity (Wildman–Crippen MR) is 76.1 cm³/mol. The Morgan fingerprint density at radius 3 is 2.86 bits per heavy atom. The summed E-state index contributed by atoms with van der Waals surface area (Å²) in [4.78, 5) is 15.6. The van der Waals surface area contributed by atoms with Crippen molar-refractivity contribution in [1.82, 2.24) is 24.5 Å². The highest BCUT2D eigenvalue weighted by Crippen LogP contribution is 2.19. The molecule has 0 fully saturated rings. The molecule has 0 atom stereocenters. The van der Waals surface area contributed by atoms with Gasteiger partial charge in [0.15, 0.2) is 0 Å². The highest BCUT2D eigenvalue weighted by molar-refractivity contribution is 5.92. The van der Waals surface area contributed by atoms with E-state index in [-0.39, 0.29) is 5.56 Å². The summed E-state index contributed by atoms with van der Waals surface area (Å²) in [6.45, 7) is 3.44. The zero-order chi connectivity index (χ0) is 14.8. The van der Waals surface area contributed by atoms with Gasteiger partial charge in [0, 0.05) is 19.2 Å². The smallest absolute Gasteiger partial charge is 0.335 e. The molecule has 0 saturated carbocycles. The number of nitrogens with zero attached hydrogens (tertiary/aromatic N) is 5. The third-order valence-electron chi connectivity index (χ3n) is 3.42. The summed E-state index contributed by atoms with van der Waals surface area (Å²) in [5, 5.41) is 16.8. The zero-order valence-electron chi connectivity index (χ0n) is 11.6. The molecule has 7 nitrogen and oxygen atoms in total. The van der Waals surface area contributed by atoms with Crippen LogP contribution >= 0.6 is 0 Å². The molecule has 0 aliphatic carbocycles. The lowest BCUT2D eigenvalue weighted by molar-refractivity contribution is 0.0697. The standard InChI is InChI=1S/C14H15N5O2/c1-2-13-16-11-9-10(14(20)21)3-4-12(11)19(13)8-7-18-6-5-15-17-18/h3-6,9H,2,7-8H2,1H3,(H,20,21). The Bertz CT molecular complexity index is 776. The van der Waals surface area contributed by atoms with Crippen molar-refractivity contribution in [3.8, 4) is 0 Å². The molecule has 0 spiro atoms. The molecule has 0 amide bonds. The second-order valence-corrected chi connectivity index (χ2v) is 4.71. The monoisotopic (exact) mass is 285 g/mol. The van der Waals surface area contributed by atoms with Gasteiger partial charge >= 0.3 is 5.97 Å². The van der Waals surface area contributed by atoms with Gasteiger partial charge in [-0.1, -0.05) is 12.1 Å². The minimum absolute atomic E-state index is 0.256. The van der Waals surface area contributed by atoms with Crippen LogP contribution in [-0.4, -0.2) is 35.6 Å². The van der Waals surface area contributed by atoms with Crippen molar-refractivity contribution in [2.24, 2.45) is 0 Å². The molecular weight excluding hydrogens is 270 g/mol. The molecule has 21 heavy (non-hydrogen) atoms. The van der Waals surface area contributed by atoms with E-state index in [1.165, 1.54) is 0 Å². The second-order valence-electron chi connectivity index (χ2n) is 4.71. The maximum Gasteiger partial charge on any atom is 0.335 e. The van der Waals surface area contributed by atoms with E-state index in [1.807, 2.05) is 19.2 Å². The van der Waals surface area contributed by atoms with E-state index in [4.69, 9.17) is 5.11 Å². The van der Waals surface area contributed by atoms with Crippen molar-refractivity contribution >= 4 is 17.0 Å². The molecule has 0 saturated heterocycles. The molecule has 1 aromatic carbocycles. The van der Waals surface area contributed by atoms with Crippen LogP contribution in [0.2, 0.25) is 0 Å². The summed E-state index contributed by atoms with van der Waals surface area (Å²) in [5.41, 5.74) is 1.91. The molecule has 7 heteroatoms. The molecule has 3 rings (SSSR count). The Balaban J connectivity index is 1.97. The minimum Gasteiger partial charge on any atom is -0.478 e. The van der Waals surface area contributed by atoms with Gasteiger partial charge in [0.2, 0.25) is 0 Å². The van der Waals surface area contributed by atoms with E-state index in [1.54, 1.807) is 23.0 Å². The average Bonchev–Trinajstić information content (AvgIpc) is 3.11. The average molecular weight is 285 g/mol. The maximum absolute atomic E-state index is 11.0. The first-order chi connectivity index (χ1) is 10.2. The van der Waals surface area contributed by atoms with Crippen LogP contribution in [0, 0.1) is 0 Å². The third-order valence-corrected chi connectivity index (χ3v) is 3.42. The number of rotatable bonds is 5. The van der Waals surface area contributed by atoms with Crippen LogP contribution in [0.25, 0.3) is 11.0 Å². The van der Waals surface area contributed by atoms with Crippen LogP contribution in [0.15, 0.2) is 30.6 Å². The first kappa shape index (κ1) is 13.3. The molecule has 0 aliphatic heterocycles. The maximum atomic E-state index is 11.0. The van der Waals surface area contributed by atoms with Gasteiger partial charge in [0.25, 0.3) is 0 Å². The molecule has 3 aromatic rings. The van der Waals surface area contributed by atoms with E-state index < -0.39 is 5.97 Å². The molecule has 108 valence electrons. The Morgan fingerprint density at radius 2 is 2.19 bits per heavy atom. The van der Waals surface area contributed by atoms with Crippen LogP contribution in [0.4, 0.5) is 0 Å². The first-order valence-electron chi connectivity index (χ1n) is 6.75. The molecule has 0 unspecified atom stereocenters. The number of hydrogen-bond donors (Lipinski definition) is 1. The quantitative estimate of drug-likeness (QED) is 0.769. The highest BCUT2D eigenvalue weighted by Gasteiger charge is 2.12. The van der Waals surface area contributed by atoms with E-state index in [9.17, 15) is 4.79 Å². The minimum atomic E-state index is -0.938. The highest BCUT2D eigenvalue weighted by atomic mass is 16.4. The fourth-order valence-electron chi connectivity index (χ4n) is 2.39. The summed E-state index contributed by atoms with van der Waals surface area (Å²) in [5.74, 6) is -0.000215. The predicted octanol–water partition coefficient (Wildman–Crippen LogP) is 1.59. The van der Waals surface area contributed by atoms with E-state index in [2.05, 4.69) is 19.9 Å². The van der Waals surface area contributed by atoms with E-state index >= 15 is 0 Å². The summed E-state index contributed by atoms with van der Waals surface area (Å²) in [7, 11) is 0. The Hall–Kier alpha value is -2.70. The van der Waals surface area contributed by atoms with Crippen molar-refractivity contribution < 1.29 is 9.90 Å². The third kappa shape index (κ3) is 2.49. The van der Waals surface area contributed by atoms with E-state index in [0.29, 0.717) is 12.1 Å². The van der Waals surface area contributed by atoms with Gasteiger partial charge in [-0.3, -0.25) is 4.68 Å². The molecule has 1 N–H and O–H groups in total. The lowest BCUT2D eigenvalue weighted by Gasteiger charge is -2.08. The number of hydrogen-bond acceptors (Lipinski definition) is 4. The van der Waals surface area contributed by atoms with Crippen LogP contribution in [0.3, 0.4) is 0 Å². The van der Waals surface area contributed by atoms with Gasteiger partial charge in [-0.25, -0.2) is 9.78 Å². The Kier molecular flexibility index (Phi) is 3.39. The fourth-order valence-corrected chi connectivity index (χ4v) is 2.39. The van der Waals surface area contributed by atoms with Crippen molar-refractivity contribution in [2.75, 3.05) is 0 Å². The summed E-state index contributed by atoms with van der Waals surface area (Å²) in [6, 6.07) is 5.03. The number of carboxylic acid groups (broad SMARTS) is 1. The zero-order valence-corrected chi connectivity index (χ0v) is 11.6. The van der Waals surface area contributed by atoms with Gasteiger partial charge in [-0.15, -0.1) is 5.10 Å². The van der Waals surface area contributed by atoms with Crippen LogP contribution in [0.1, 0.15) is 23.1 Å². The summed E-state index contributed by atoms with van der Waals surface area (Å²) in [6.07, 6.45) is 4.24. The molecule has 2 heterocycles. The van der Waals surface area contributed by atoms with Crippen molar-refractivity contribution in [3.63, 3.8) is 0 Å². The molecular formula is C14H15N5O2. The van der Waals surface area contributed by atoms with Gasteiger partial charge in [0.1, 0.15) is 5.82 Å². The number of imidazole rings is 1. The summed E-state index contributed by atoms with van der Waals surface area (Å²) >= 11 is 0. The number of carbonyl (C=O) groups is 1. The number of carboxylic acids is 1. The molecule has 0 bridgehead atoms. The lowest BCUT2D eigenvalue weighted by atomic mass is 10.2. The van der Waals surface area contributed by atoms with Crippen molar-refractivity contribution in [3.05, 3.63) is 42.0 Å². The van der Waals surface area contributed by atoms with Gasteiger partial charge in [0.05, 0.1) is 29.3 Å². The SMILES string of the molecule is CCc1nc2cc(C(=O)O)ccc2n1CCn1ccnn1. The van der Waals surface area contributed by atoms with Crippen LogP contribution < -0.4 is 0 Å². The molecule has 0 aliphatic rings. The van der Waals surface area contributed by atoms with Crippen molar-refractivity contribution in [2.45, 2.75) is 26.4 Å². The number of aromatic nitrogens is 5. The topological polar surface area (TPSA) is 85.8 Å². The van der Waals surface area contributed by atoms with Crippen molar-refractivity contribution in [1.29, 1.82) is 0 Å². The second kappa shape index (κ2) is 5.35. The number of aromatic carboxylic acids is 1. The molecule has 0 radical (unpaired) electrons. The Labute approximate surface area is 120 Å². The number of benzene rings is 1. The normalized spacial score (nSPS) is 11.1. The molecule has 2 aromatic heterocycles.